The Morgan fingerprint density at radius 1 is 1.38 bits per heavy atom. The number of carbonyl (C=O) groups is 1. The van der Waals surface area contributed by atoms with Crippen molar-refractivity contribution < 1.29 is 4.79 Å². The molecule has 1 aliphatic carbocycles. The van der Waals surface area contributed by atoms with Crippen LogP contribution in [0.15, 0.2) is 42.7 Å². The Balaban J connectivity index is 1.35. The molecule has 2 aliphatic rings. The van der Waals surface area contributed by atoms with Crippen molar-refractivity contribution in [3.05, 3.63) is 59.4 Å². The van der Waals surface area contributed by atoms with Crippen molar-refractivity contribution in [2.24, 2.45) is 5.92 Å². The van der Waals surface area contributed by atoms with Crippen molar-refractivity contribution >= 4 is 11.6 Å². The second-order valence-electron chi connectivity index (χ2n) is 6.94. The van der Waals surface area contributed by atoms with Crippen LogP contribution in [0.1, 0.15) is 35.4 Å². The average molecular weight is 321 g/mol. The van der Waals surface area contributed by atoms with E-state index in [1.165, 1.54) is 28.8 Å². The van der Waals surface area contributed by atoms with Gasteiger partial charge >= 0.3 is 0 Å². The Kier molecular flexibility index (Phi) is 3.97. The third-order valence-electron chi connectivity index (χ3n) is 5.20. The number of hydrogen-bond donors (Lipinski definition) is 1. The highest BCUT2D eigenvalue weighted by molar-refractivity contribution is 5.82. The number of anilines is 1. The van der Waals surface area contributed by atoms with Crippen LogP contribution in [0, 0.1) is 5.92 Å². The SMILES string of the molecule is CN1CCCc2cc(CNC(=O)[C@@H]3C[C@@H]3c3cccnc3)ccc21. The van der Waals surface area contributed by atoms with E-state index in [4.69, 9.17) is 0 Å². The van der Waals surface area contributed by atoms with Crippen LogP contribution >= 0.6 is 0 Å². The maximum Gasteiger partial charge on any atom is 0.224 e. The van der Waals surface area contributed by atoms with Crippen LogP contribution in [-0.2, 0) is 17.8 Å². The predicted octanol–water partition coefficient (Wildman–Crippen LogP) is 2.88. The summed E-state index contributed by atoms with van der Waals surface area (Å²) in [5.41, 5.74) is 5.09. The zero-order valence-corrected chi connectivity index (χ0v) is 14.0. The number of fused-ring (bicyclic) bond motifs is 1. The van der Waals surface area contributed by atoms with E-state index in [0.717, 1.165) is 19.4 Å². The zero-order chi connectivity index (χ0) is 16.5. The van der Waals surface area contributed by atoms with Crippen LogP contribution in [-0.4, -0.2) is 24.5 Å². The van der Waals surface area contributed by atoms with Crippen LogP contribution < -0.4 is 10.2 Å². The number of benzene rings is 1. The van der Waals surface area contributed by atoms with Crippen LogP contribution in [0.5, 0.6) is 0 Å². The molecule has 0 unspecified atom stereocenters. The highest BCUT2D eigenvalue weighted by Gasteiger charge is 2.43. The summed E-state index contributed by atoms with van der Waals surface area (Å²) in [6.45, 7) is 1.74. The fraction of sp³-hybridized carbons (Fsp3) is 0.400. The minimum atomic E-state index is 0.109. The molecular weight excluding hydrogens is 298 g/mol. The van der Waals surface area contributed by atoms with Crippen molar-refractivity contribution in [2.75, 3.05) is 18.5 Å². The first kappa shape index (κ1) is 15.2. The standard InChI is InChI=1S/C20H23N3O/c1-23-9-3-5-15-10-14(6-7-19(15)23)12-22-20(24)18-11-17(18)16-4-2-8-21-13-16/h2,4,6-8,10,13,17-18H,3,5,9,11-12H2,1H3,(H,22,24)/t17-,18-/m1/s1. The third-order valence-corrected chi connectivity index (χ3v) is 5.20. The average Bonchev–Trinajstić information content (AvgIpc) is 3.41. The zero-order valence-electron chi connectivity index (χ0n) is 14.0. The van der Waals surface area contributed by atoms with Gasteiger partial charge in [-0.05, 0) is 54.0 Å². The lowest BCUT2D eigenvalue weighted by molar-refractivity contribution is -0.122. The molecule has 1 aliphatic heterocycles. The molecule has 0 spiro atoms. The van der Waals surface area contributed by atoms with Crippen LogP contribution in [0.25, 0.3) is 0 Å². The number of nitrogens with one attached hydrogen (secondary N) is 1. The number of hydrogen-bond acceptors (Lipinski definition) is 3. The summed E-state index contributed by atoms with van der Waals surface area (Å²) in [4.78, 5) is 18.8. The second kappa shape index (κ2) is 6.27. The smallest absolute Gasteiger partial charge is 0.224 e. The fourth-order valence-corrected chi connectivity index (χ4v) is 3.72. The van der Waals surface area contributed by atoms with E-state index in [1.807, 2.05) is 12.3 Å². The lowest BCUT2D eigenvalue weighted by atomic mass is 9.99. The number of carbonyl (C=O) groups excluding carboxylic acids is 1. The third kappa shape index (κ3) is 3.01. The number of aryl methyl sites for hydroxylation is 1. The van der Waals surface area contributed by atoms with E-state index in [0.29, 0.717) is 12.5 Å². The molecule has 2 aromatic rings. The van der Waals surface area contributed by atoms with Crippen molar-refractivity contribution in [2.45, 2.75) is 31.7 Å². The maximum absolute atomic E-state index is 12.4. The van der Waals surface area contributed by atoms with Gasteiger partial charge < -0.3 is 10.2 Å². The summed E-state index contributed by atoms with van der Waals surface area (Å²) in [7, 11) is 2.14. The summed E-state index contributed by atoms with van der Waals surface area (Å²) in [5, 5.41) is 3.11. The van der Waals surface area contributed by atoms with Gasteiger partial charge in [0, 0.05) is 44.1 Å². The quantitative estimate of drug-likeness (QED) is 0.942. The minimum Gasteiger partial charge on any atom is -0.374 e. The lowest BCUT2D eigenvalue weighted by Gasteiger charge is -2.27. The summed E-state index contributed by atoms with van der Waals surface area (Å²) in [5.74, 6) is 0.618. The van der Waals surface area contributed by atoms with Crippen molar-refractivity contribution in [3.63, 3.8) is 0 Å². The number of amides is 1. The summed E-state index contributed by atoms with van der Waals surface area (Å²) in [6, 6.07) is 10.6. The summed E-state index contributed by atoms with van der Waals surface area (Å²) < 4.78 is 0. The van der Waals surface area contributed by atoms with Gasteiger partial charge in [0.15, 0.2) is 0 Å². The molecule has 1 amide bonds. The van der Waals surface area contributed by atoms with Gasteiger partial charge in [-0.3, -0.25) is 9.78 Å². The van der Waals surface area contributed by atoms with E-state index >= 15 is 0 Å². The lowest BCUT2D eigenvalue weighted by Crippen LogP contribution is -2.26. The van der Waals surface area contributed by atoms with Gasteiger partial charge in [-0.1, -0.05) is 18.2 Å². The Labute approximate surface area is 142 Å². The summed E-state index contributed by atoms with van der Waals surface area (Å²) >= 11 is 0. The molecule has 0 radical (unpaired) electrons. The highest BCUT2D eigenvalue weighted by atomic mass is 16.2. The van der Waals surface area contributed by atoms with Gasteiger partial charge in [0.2, 0.25) is 5.91 Å². The molecule has 0 saturated heterocycles. The molecule has 124 valence electrons. The molecule has 2 heterocycles. The van der Waals surface area contributed by atoms with Crippen LogP contribution in [0.2, 0.25) is 0 Å². The van der Waals surface area contributed by atoms with Gasteiger partial charge in [0.05, 0.1) is 0 Å². The van der Waals surface area contributed by atoms with Gasteiger partial charge in [-0.2, -0.15) is 0 Å². The van der Waals surface area contributed by atoms with Gasteiger partial charge in [0.1, 0.15) is 0 Å². The maximum atomic E-state index is 12.4. The Hall–Kier alpha value is -2.36. The first-order valence-electron chi connectivity index (χ1n) is 8.73. The monoisotopic (exact) mass is 321 g/mol. The number of pyridine rings is 1. The van der Waals surface area contributed by atoms with E-state index in [9.17, 15) is 4.79 Å². The van der Waals surface area contributed by atoms with Gasteiger partial charge in [0.25, 0.3) is 0 Å². The molecule has 1 aromatic heterocycles. The number of rotatable bonds is 4. The van der Waals surface area contributed by atoms with E-state index in [1.54, 1.807) is 6.20 Å². The topological polar surface area (TPSA) is 45.2 Å². The van der Waals surface area contributed by atoms with Crippen molar-refractivity contribution in [3.8, 4) is 0 Å². The molecule has 1 aromatic carbocycles. The molecule has 2 atom stereocenters. The largest absolute Gasteiger partial charge is 0.374 e. The van der Waals surface area contributed by atoms with E-state index in [2.05, 4.69) is 46.5 Å². The molecule has 4 nitrogen and oxygen atoms in total. The van der Waals surface area contributed by atoms with Crippen molar-refractivity contribution in [1.29, 1.82) is 0 Å². The molecule has 1 N–H and O–H groups in total. The minimum absolute atomic E-state index is 0.109. The molecule has 4 rings (SSSR count). The Morgan fingerprint density at radius 2 is 2.29 bits per heavy atom. The van der Waals surface area contributed by atoms with Crippen molar-refractivity contribution in [1.82, 2.24) is 10.3 Å². The van der Waals surface area contributed by atoms with Gasteiger partial charge in [-0.15, -0.1) is 0 Å². The number of nitrogens with zero attached hydrogens (tertiary/aromatic N) is 2. The second-order valence-corrected chi connectivity index (χ2v) is 6.94. The van der Waals surface area contributed by atoms with Crippen LogP contribution in [0.4, 0.5) is 5.69 Å². The van der Waals surface area contributed by atoms with Crippen LogP contribution in [0.3, 0.4) is 0 Å². The Morgan fingerprint density at radius 3 is 3.12 bits per heavy atom. The normalized spacial score (nSPS) is 22.0. The molecule has 24 heavy (non-hydrogen) atoms. The fourth-order valence-electron chi connectivity index (χ4n) is 3.72. The number of aromatic nitrogens is 1. The molecule has 1 fully saturated rings. The Bertz CT molecular complexity index is 744. The van der Waals surface area contributed by atoms with Gasteiger partial charge in [-0.25, -0.2) is 0 Å². The first-order chi connectivity index (χ1) is 11.7. The molecular formula is C20H23N3O. The summed E-state index contributed by atoms with van der Waals surface area (Å²) in [6.07, 6.45) is 6.92. The molecule has 1 saturated carbocycles. The van der Waals surface area contributed by atoms with E-state index < -0.39 is 0 Å². The first-order valence-corrected chi connectivity index (χ1v) is 8.73. The van der Waals surface area contributed by atoms with E-state index in [-0.39, 0.29) is 11.8 Å². The predicted molar refractivity (Wildman–Crippen MR) is 95.0 cm³/mol. The molecule has 0 bridgehead atoms. The highest BCUT2D eigenvalue weighted by Crippen LogP contribution is 2.47. The molecule has 4 heteroatoms.